The van der Waals surface area contributed by atoms with Gasteiger partial charge in [-0.2, -0.15) is 13.2 Å². The van der Waals surface area contributed by atoms with Crippen LogP contribution in [0, 0.1) is 5.92 Å². The Balaban J connectivity index is 1.67. The molecule has 9 heteroatoms. The van der Waals surface area contributed by atoms with Crippen molar-refractivity contribution in [1.82, 2.24) is 9.88 Å². The van der Waals surface area contributed by atoms with Gasteiger partial charge in [0.05, 0.1) is 17.8 Å². The van der Waals surface area contributed by atoms with E-state index < -0.39 is 30.1 Å². The summed E-state index contributed by atoms with van der Waals surface area (Å²) in [7, 11) is 0. The first-order valence-corrected chi connectivity index (χ1v) is 8.79. The van der Waals surface area contributed by atoms with Crippen LogP contribution < -0.4 is 4.90 Å². The van der Waals surface area contributed by atoms with Gasteiger partial charge >= 0.3 is 6.18 Å². The Bertz CT molecular complexity index is 604. The summed E-state index contributed by atoms with van der Waals surface area (Å²) in [5.41, 5.74) is -0.729. The molecule has 3 rings (SSSR count). The minimum Gasteiger partial charge on any atom is -0.389 e. The Hall–Kier alpha value is -1.42. The molecule has 2 saturated heterocycles. The number of rotatable bonds is 3. The lowest BCUT2D eigenvalue weighted by molar-refractivity contribution is -0.137. The largest absolute Gasteiger partial charge is 0.419 e. The molecule has 1 aromatic rings. The molecule has 3 heterocycles. The molecule has 2 aliphatic rings. The van der Waals surface area contributed by atoms with Gasteiger partial charge in [-0.15, -0.1) is 0 Å². The molecule has 0 aromatic carbocycles. The Morgan fingerprint density at radius 3 is 2.46 bits per heavy atom. The van der Waals surface area contributed by atoms with E-state index in [1.165, 1.54) is 12.3 Å². The summed E-state index contributed by atoms with van der Waals surface area (Å²) in [5.74, 6) is 0.0559. The van der Waals surface area contributed by atoms with Gasteiger partial charge in [0.25, 0.3) is 0 Å². The predicted molar refractivity (Wildman–Crippen MR) is 88.6 cm³/mol. The molecule has 0 saturated carbocycles. The lowest BCUT2D eigenvalue weighted by Gasteiger charge is -2.41. The Kier molecular flexibility index (Phi) is 5.71. The van der Waals surface area contributed by atoms with Gasteiger partial charge < -0.3 is 20.2 Å². The highest BCUT2D eigenvalue weighted by Crippen LogP contribution is 2.36. The van der Waals surface area contributed by atoms with Gasteiger partial charge in [0.2, 0.25) is 0 Å². The highest BCUT2D eigenvalue weighted by Gasteiger charge is 2.38. The number of piperidine rings is 2. The van der Waals surface area contributed by atoms with Crippen molar-refractivity contribution in [1.29, 1.82) is 0 Å². The molecule has 2 fully saturated rings. The van der Waals surface area contributed by atoms with Crippen LogP contribution in [-0.2, 0) is 6.18 Å². The molecule has 26 heavy (non-hydrogen) atoms. The molecule has 4 atom stereocenters. The number of nitrogens with zero attached hydrogens (tertiary/aromatic N) is 3. The van der Waals surface area contributed by atoms with Crippen LogP contribution in [0.5, 0.6) is 0 Å². The van der Waals surface area contributed by atoms with Crippen LogP contribution in [0.3, 0.4) is 0 Å². The first-order valence-electron chi connectivity index (χ1n) is 8.79. The summed E-state index contributed by atoms with van der Waals surface area (Å²) < 4.78 is 39.7. The average Bonchev–Trinajstić information content (AvgIpc) is 2.59. The van der Waals surface area contributed by atoms with Gasteiger partial charge in [0, 0.05) is 38.9 Å². The number of pyridine rings is 1. The number of β-amino-alcohol motifs (C(OH)–C–C–N with tert-alkyl or cyclic N) is 2. The van der Waals surface area contributed by atoms with E-state index in [0.717, 1.165) is 18.9 Å². The molecular weight excluding hydrogens is 351 g/mol. The summed E-state index contributed by atoms with van der Waals surface area (Å²) >= 11 is 0. The average molecular weight is 375 g/mol. The Labute approximate surface area is 149 Å². The van der Waals surface area contributed by atoms with Gasteiger partial charge in [-0.05, 0) is 30.9 Å². The summed E-state index contributed by atoms with van der Waals surface area (Å²) in [6.45, 7) is 1.98. The number of aliphatic hydroxyl groups excluding tert-OH is 3. The molecule has 0 radical (unpaired) electrons. The van der Waals surface area contributed by atoms with Gasteiger partial charge in [0.15, 0.2) is 0 Å². The fourth-order valence-electron chi connectivity index (χ4n) is 3.87. The van der Waals surface area contributed by atoms with Crippen LogP contribution in [0.1, 0.15) is 18.4 Å². The molecule has 0 amide bonds. The van der Waals surface area contributed by atoms with Crippen LogP contribution in [0.4, 0.5) is 19.0 Å². The van der Waals surface area contributed by atoms with Crippen LogP contribution in [-0.4, -0.2) is 76.2 Å². The first kappa shape index (κ1) is 19.3. The number of anilines is 1. The van der Waals surface area contributed by atoms with E-state index >= 15 is 0 Å². The lowest BCUT2D eigenvalue weighted by Crippen LogP contribution is -2.56. The van der Waals surface area contributed by atoms with E-state index in [9.17, 15) is 28.5 Å². The van der Waals surface area contributed by atoms with Crippen molar-refractivity contribution in [3.63, 3.8) is 0 Å². The standard InChI is InChI=1S/C17H24F3N3O3/c18-17(19,20)12-4-1-5-21-16(12)23-6-2-3-11(8-23)7-22-9-13(24)15(26)14(25)10-22/h1,4-5,11,13-15,24-26H,2-3,6-10H2/t11-,13-,14+,15?/m1/s1. The number of halogens is 3. The third kappa shape index (κ3) is 4.28. The SMILES string of the molecule is OC1[C@H](O)CN(C[C@H]2CCCN(c3ncccc3C(F)(F)F)C2)C[C@@H]1O. The smallest absolute Gasteiger partial charge is 0.389 e. The van der Waals surface area contributed by atoms with Crippen molar-refractivity contribution >= 4 is 5.82 Å². The monoisotopic (exact) mass is 375 g/mol. The fraction of sp³-hybridized carbons (Fsp3) is 0.706. The van der Waals surface area contributed by atoms with Gasteiger partial charge in [-0.1, -0.05) is 0 Å². The lowest BCUT2D eigenvalue weighted by atomic mass is 9.94. The second-order valence-corrected chi connectivity index (χ2v) is 7.17. The number of alkyl halides is 3. The van der Waals surface area contributed by atoms with Crippen molar-refractivity contribution in [3.05, 3.63) is 23.9 Å². The molecule has 6 nitrogen and oxygen atoms in total. The highest BCUT2D eigenvalue weighted by atomic mass is 19.4. The second kappa shape index (κ2) is 7.67. The molecule has 1 unspecified atom stereocenters. The van der Waals surface area contributed by atoms with Crippen molar-refractivity contribution in [2.75, 3.05) is 37.6 Å². The molecule has 2 aliphatic heterocycles. The van der Waals surface area contributed by atoms with E-state index in [-0.39, 0.29) is 24.8 Å². The molecule has 3 N–H and O–H groups in total. The maximum absolute atomic E-state index is 13.2. The van der Waals surface area contributed by atoms with E-state index in [4.69, 9.17) is 0 Å². The van der Waals surface area contributed by atoms with E-state index in [1.807, 2.05) is 4.90 Å². The zero-order valence-corrected chi connectivity index (χ0v) is 14.3. The van der Waals surface area contributed by atoms with E-state index in [2.05, 4.69) is 4.98 Å². The number of aliphatic hydroxyl groups is 3. The quantitative estimate of drug-likeness (QED) is 0.722. The number of aromatic nitrogens is 1. The van der Waals surface area contributed by atoms with Gasteiger partial charge in [-0.25, -0.2) is 4.98 Å². The minimum absolute atomic E-state index is 0.0427. The maximum atomic E-state index is 13.2. The third-order valence-corrected chi connectivity index (χ3v) is 5.11. The van der Waals surface area contributed by atoms with Gasteiger partial charge in [0.1, 0.15) is 11.9 Å². The predicted octanol–water partition coefficient (Wildman–Crippen LogP) is 0.715. The van der Waals surface area contributed by atoms with Gasteiger partial charge in [-0.3, -0.25) is 4.90 Å². The molecule has 1 aromatic heterocycles. The van der Waals surface area contributed by atoms with E-state index in [0.29, 0.717) is 19.6 Å². The number of hydrogen-bond acceptors (Lipinski definition) is 6. The van der Waals surface area contributed by atoms with Crippen LogP contribution in [0.25, 0.3) is 0 Å². The highest BCUT2D eigenvalue weighted by molar-refractivity contribution is 5.48. The molecule has 0 aliphatic carbocycles. The van der Waals surface area contributed by atoms with Crippen molar-refractivity contribution in [2.24, 2.45) is 5.92 Å². The van der Waals surface area contributed by atoms with Crippen LogP contribution in [0.15, 0.2) is 18.3 Å². The molecular formula is C17H24F3N3O3. The summed E-state index contributed by atoms with van der Waals surface area (Å²) in [4.78, 5) is 7.49. The maximum Gasteiger partial charge on any atom is 0.419 e. The van der Waals surface area contributed by atoms with Crippen molar-refractivity contribution in [2.45, 2.75) is 37.3 Å². The number of likely N-dealkylation sites (tertiary alicyclic amines) is 1. The van der Waals surface area contributed by atoms with E-state index in [1.54, 1.807) is 4.90 Å². The minimum atomic E-state index is -4.45. The Morgan fingerprint density at radius 1 is 1.12 bits per heavy atom. The molecule has 0 bridgehead atoms. The fourth-order valence-corrected chi connectivity index (χ4v) is 3.87. The molecule has 0 spiro atoms. The summed E-state index contributed by atoms with van der Waals surface area (Å²) in [6.07, 6.45) is -4.68. The van der Waals surface area contributed by atoms with Crippen molar-refractivity contribution < 1.29 is 28.5 Å². The van der Waals surface area contributed by atoms with Crippen LogP contribution in [0.2, 0.25) is 0 Å². The Morgan fingerprint density at radius 2 is 1.81 bits per heavy atom. The normalized spacial score (nSPS) is 31.2. The summed E-state index contributed by atoms with van der Waals surface area (Å²) in [6, 6.07) is 2.33. The summed E-state index contributed by atoms with van der Waals surface area (Å²) in [5, 5.41) is 29.2. The zero-order chi connectivity index (χ0) is 18.9. The first-order chi connectivity index (χ1) is 12.3. The zero-order valence-electron chi connectivity index (χ0n) is 14.3. The van der Waals surface area contributed by atoms with Crippen molar-refractivity contribution in [3.8, 4) is 0 Å². The second-order valence-electron chi connectivity index (χ2n) is 7.17. The third-order valence-electron chi connectivity index (χ3n) is 5.11. The topological polar surface area (TPSA) is 80.1 Å². The van der Waals surface area contributed by atoms with Crippen LogP contribution >= 0.6 is 0 Å². The molecule has 146 valence electrons. The number of hydrogen-bond donors (Lipinski definition) is 3.